The average Bonchev–Trinajstić information content (AvgIpc) is 3.26. The number of sulfonamides is 1. The van der Waals surface area contributed by atoms with Crippen molar-refractivity contribution in [2.24, 2.45) is 0 Å². The van der Waals surface area contributed by atoms with E-state index in [0.29, 0.717) is 11.5 Å². The third kappa shape index (κ3) is 4.28. The molecule has 3 rings (SSSR count). The first-order valence-corrected chi connectivity index (χ1v) is 10.1. The largest absolute Gasteiger partial charge is 0.424 e. The van der Waals surface area contributed by atoms with E-state index in [1.807, 2.05) is 0 Å². The fourth-order valence-electron chi connectivity index (χ4n) is 2.98. The predicted octanol–water partition coefficient (Wildman–Crippen LogP) is 2.09. The summed E-state index contributed by atoms with van der Waals surface area (Å²) in [6.07, 6.45) is 4.14. The summed E-state index contributed by atoms with van der Waals surface area (Å²) in [5, 5.41) is 10.5. The quantitative estimate of drug-likeness (QED) is 0.795. The normalized spacial score (nSPS) is 16.5. The summed E-state index contributed by atoms with van der Waals surface area (Å²) in [5.41, 5.74) is 0.320. The molecule has 1 amide bonds. The van der Waals surface area contributed by atoms with Crippen LogP contribution in [0.3, 0.4) is 0 Å². The standard InChI is InChI=1S/C17H22N4O4S/c1-11(17-20-19-12(2)25-17)21-26(23,24)15-9-5-6-13(10-15)16(22)18-14-7-3-4-8-14/h5-6,9-11,14,21H,3-4,7-8H2,1-2H3,(H,18,22)/t11-/m0/s1. The van der Waals surface area contributed by atoms with Crippen molar-refractivity contribution < 1.29 is 17.6 Å². The van der Waals surface area contributed by atoms with Gasteiger partial charge in [0.25, 0.3) is 5.91 Å². The second-order valence-electron chi connectivity index (χ2n) is 6.48. The van der Waals surface area contributed by atoms with Crippen molar-refractivity contribution >= 4 is 15.9 Å². The molecule has 1 fully saturated rings. The predicted molar refractivity (Wildman–Crippen MR) is 93.9 cm³/mol. The van der Waals surface area contributed by atoms with E-state index in [2.05, 4.69) is 20.2 Å². The Balaban J connectivity index is 1.74. The highest BCUT2D eigenvalue weighted by Gasteiger charge is 2.23. The molecule has 140 valence electrons. The van der Waals surface area contributed by atoms with E-state index in [9.17, 15) is 13.2 Å². The Morgan fingerprint density at radius 2 is 2.00 bits per heavy atom. The molecule has 1 aromatic heterocycles. The SMILES string of the molecule is Cc1nnc([C@H](C)NS(=O)(=O)c2cccc(C(=O)NC3CCCC3)c2)o1. The Kier molecular flexibility index (Phi) is 5.38. The maximum absolute atomic E-state index is 12.6. The van der Waals surface area contributed by atoms with Crippen LogP contribution in [0.1, 0.15) is 60.8 Å². The molecule has 1 aromatic carbocycles. The monoisotopic (exact) mass is 378 g/mol. The zero-order valence-electron chi connectivity index (χ0n) is 14.7. The van der Waals surface area contributed by atoms with Gasteiger partial charge in [-0.05, 0) is 38.0 Å². The fraction of sp³-hybridized carbons (Fsp3) is 0.471. The van der Waals surface area contributed by atoms with Gasteiger partial charge >= 0.3 is 0 Å². The highest BCUT2D eigenvalue weighted by atomic mass is 32.2. The van der Waals surface area contributed by atoms with Gasteiger partial charge in [-0.3, -0.25) is 4.79 Å². The van der Waals surface area contributed by atoms with E-state index in [1.165, 1.54) is 12.1 Å². The molecule has 8 nitrogen and oxygen atoms in total. The highest BCUT2D eigenvalue weighted by Crippen LogP contribution is 2.20. The number of aryl methyl sites for hydroxylation is 1. The Morgan fingerprint density at radius 1 is 1.27 bits per heavy atom. The van der Waals surface area contributed by atoms with E-state index in [4.69, 9.17) is 4.42 Å². The number of benzene rings is 1. The molecule has 0 spiro atoms. The zero-order chi connectivity index (χ0) is 18.7. The van der Waals surface area contributed by atoms with Crippen LogP contribution in [-0.2, 0) is 10.0 Å². The third-order valence-electron chi connectivity index (χ3n) is 4.34. The molecule has 1 aliphatic rings. The van der Waals surface area contributed by atoms with Crippen LogP contribution in [0.4, 0.5) is 0 Å². The summed E-state index contributed by atoms with van der Waals surface area (Å²) in [5.74, 6) is 0.285. The molecule has 2 aromatic rings. The van der Waals surface area contributed by atoms with E-state index in [1.54, 1.807) is 26.0 Å². The summed E-state index contributed by atoms with van der Waals surface area (Å²) in [6, 6.07) is 5.46. The van der Waals surface area contributed by atoms with Crippen LogP contribution in [0.5, 0.6) is 0 Å². The van der Waals surface area contributed by atoms with Crippen LogP contribution in [0.2, 0.25) is 0 Å². The number of nitrogens with zero attached hydrogens (tertiary/aromatic N) is 2. The summed E-state index contributed by atoms with van der Waals surface area (Å²) >= 11 is 0. The van der Waals surface area contributed by atoms with Gasteiger partial charge in [0, 0.05) is 18.5 Å². The van der Waals surface area contributed by atoms with Crippen molar-refractivity contribution in [1.82, 2.24) is 20.2 Å². The van der Waals surface area contributed by atoms with E-state index in [0.717, 1.165) is 25.7 Å². The summed E-state index contributed by atoms with van der Waals surface area (Å²) < 4.78 is 33.0. The van der Waals surface area contributed by atoms with Crippen LogP contribution in [-0.4, -0.2) is 30.6 Å². The first-order valence-electron chi connectivity index (χ1n) is 8.58. The molecule has 0 aliphatic heterocycles. The number of aromatic nitrogens is 2. The second kappa shape index (κ2) is 7.55. The molecule has 0 bridgehead atoms. The van der Waals surface area contributed by atoms with E-state index >= 15 is 0 Å². The lowest BCUT2D eigenvalue weighted by molar-refractivity contribution is 0.0937. The summed E-state index contributed by atoms with van der Waals surface area (Å²) in [6.45, 7) is 3.24. The average molecular weight is 378 g/mol. The number of rotatable bonds is 6. The van der Waals surface area contributed by atoms with Crippen LogP contribution in [0.25, 0.3) is 0 Å². The van der Waals surface area contributed by atoms with Gasteiger partial charge in [-0.15, -0.1) is 10.2 Å². The fourth-order valence-corrected chi connectivity index (χ4v) is 4.22. The van der Waals surface area contributed by atoms with E-state index < -0.39 is 16.1 Å². The van der Waals surface area contributed by atoms with Crippen molar-refractivity contribution in [3.8, 4) is 0 Å². The smallest absolute Gasteiger partial charge is 0.251 e. The summed E-state index contributed by atoms with van der Waals surface area (Å²) in [4.78, 5) is 12.4. The molecule has 9 heteroatoms. The lowest BCUT2D eigenvalue weighted by Crippen LogP contribution is -2.33. The van der Waals surface area contributed by atoms with E-state index in [-0.39, 0.29) is 22.7 Å². The minimum atomic E-state index is -3.84. The molecule has 26 heavy (non-hydrogen) atoms. The Hall–Kier alpha value is -2.26. The molecule has 0 saturated heterocycles. The molecule has 0 unspecified atom stereocenters. The van der Waals surface area contributed by atoms with Crippen molar-refractivity contribution in [3.63, 3.8) is 0 Å². The number of nitrogens with one attached hydrogen (secondary N) is 2. The van der Waals surface area contributed by atoms with Crippen molar-refractivity contribution in [2.75, 3.05) is 0 Å². The van der Waals surface area contributed by atoms with Gasteiger partial charge in [0.1, 0.15) is 0 Å². The lowest BCUT2D eigenvalue weighted by atomic mass is 10.2. The van der Waals surface area contributed by atoms with Gasteiger partial charge < -0.3 is 9.73 Å². The maximum Gasteiger partial charge on any atom is 0.251 e. The maximum atomic E-state index is 12.6. The first kappa shape index (κ1) is 18.5. The van der Waals surface area contributed by atoms with Gasteiger partial charge in [-0.25, -0.2) is 8.42 Å². The Morgan fingerprint density at radius 3 is 2.65 bits per heavy atom. The van der Waals surface area contributed by atoms with Gasteiger partial charge in [0.15, 0.2) is 0 Å². The molecular formula is C17H22N4O4S. The Labute approximate surface area is 152 Å². The van der Waals surface area contributed by atoms with Crippen LogP contribution in [0, 0.1) is 6.92 Å². The molecular weight excluding hydrogens is 356 g/mol. The summed E-state index contributed by atoms with van der Waals surface area (Å²) in [7, 11) is -3.84. The number of carbonyl (C=O) groups is 1. The number of hydrogen-bond donors (Lipinski definition) is 2. The highest BCUT2D eigenvalue weighted by molar-refractivity contribution is 7.89. The zero-order valence-corrected chi connectivity index (χ0v) is 15.5. The van der Waals surface area contributed by atoms with Gasteiger partial charge in [0.2, 0.25) is 21.8 Å². The van der Waals surface area contributed by atoms with Gasteiger partial charge in [-0.2, -0.15) is 4.72 Å². The number of amides is 1. The third-order valence-corrected chi connectivity index (χ3v) is 5.88. The molecule has 1 atom stereocenters. The second-order valence-corrected chi connectivity index (χ2v) is 8.20. The van der Waals surface area contributed by atoms with Gasteiger partial charge in [-0.1, -0.05) is 18.9 Å². The molecule has 1 aliphatic carbocycles. The van der Waals surface area contributed by atoms with Crippen molar-refractivity contribution in [1.29, 1.82) is 0 Å². The Bertz CT molecular complexity index is 888. The van der Waals surface area contributed by atoms with Gasteiger partial charge in [0.05, 0.1) is 10.9 Å². The molecule has 1 saturated carbocycles. The van der Waals surface area contributed by atoms with Crippen molar-refractivity contribution in [3.05, 3.63) is 41.6 Å². The van der Waals surface area contributed by atoms with Crippen LogP contribution >= 0.6 is 0 Å². The minimum absolute atomic E-state index is 0.0136. The van der Waals surface area contributed by atoms with Crippen LogP contribution < -0.4 is 10.0 Å². The molecule has 1 heterocycles. The lowest BCUT2D eigenvalue weighted by Gasteiger charge is -2.14. The van der Waals surface area contributed by atoms with Crippen molar-refractivity contribution in [2.45, 2.75) is 56.5 Å². The topological polar surface area (TPSA) is 114 Å². The minimum Gasteiger partial charge on any atom is -0.424 e. The number of carbonyl (C=O) groups excluding carboxylic acids is 1. The molecule has 2 N–H and O–H groups in total. The number of hydrogen-bond acceptors (Lipinski definition) is 6. The molecule has 0 radical (unpaired) electrons. The first-order chi connectivity index (χ1) is 12.3. The van der Waals surface area contributed by atoms with Crippen LogP contribution in [0.15, 0.2) is 33.6 Å².